The molecular formula is C26H46N2O4S2. The van der Waals surface area contributed by atoms with Gasteiger partial charge in [0.1, 0.15) is 0 Å². The van der Waals surface area contributed by atoms with Crippen LogP contribution in [0.5, 0.6) is 0 Å². The van der Waals surface area contributed by atoms with Crippen molar-refractivity contribution in [1.29, 1.82) is 0 Å². The third-order valence-corrected chi connectivity index (χ3v) is 6.54. The molecule has 0 aliphatic rings. The molecule has 0 fully saturated rings. The molecule has 0 aromatic heterocycles. The van der Waals surface area contributed by atoms with Crippen LogP contribution in [0.2, 0.25) is 0 Å². The summed E-state index contributed by atoms with van der Waals surface area (Å²) in [5.41, 5.74) is 1.76. The average molecular weight is 515 g/mol. The Morgan fingerprint density at radius 1 is 0.853 bits per heavy atom. The summed E-state index contributed by atoms with van der Waals surface area (Å²) in [7, 11) is 0. The fourth-order valence-electron chi connectivity index (χ4n) is 3.14. The molecular weight excluding hydrogens is 468 g/mol. The normalized spacial score (nSPS) is 11.0. The van der Waals surface area contributed by atoms with Gasteiger partial charge in [0.05, 0.1) is 0 Å². The lowest BCUT2D eigenvalue weighted by atomic mass is 10.1. The molecule has 0 spiro atoms. The SMILES string of the molecule is CCCOCCCOCCCOCCCCNc1cc(C(=O)NCCCSC)ccc1SCC. The van der Waals surface area contributed by atoms with E-state index in [0.29, 0.717) is 12.1 Å². The Balaban J connectivity index is 2.17. The number of unbranched alkanes of at least 4 members (excludes halogenated alkanes) is 1. The van der Waals surface area contributed by atoms with E-state index in [4.69, 9.17) is 14.2 Å². The number of nitrogens with one attached hydrogen (secondary N) is 2. The highest BCUT2D eigenvalue weighted by molar-refractivity contribution is 7.99. The summed E-state index contributed by atoms with van der Waals surface area (Å²) >= 11 is 3.59. The summed E-state index contributed by atoms with van der Waals surface area (Å²) in [6.45, 7) is 10.5. The Hall–Kier alpha value is -0.930. The zero-order valence-corrected chi connectivity index (χ0v) is 23.1. The fourth-order valence-corrected chi connectivity index (χ4v) is 4.33. The molecule has 0 aliphatic heterocycles. The first kappa shape index (κ1) is 31.1. The second kappa shape index (κ2) is 22.5. The van der Waals surface area contributed by atoms with Gasteiger partial charge < -0.3 is 24.8 Å². The van der Waals surface area contributed by atoms with E-state index in [9.17, 15) is 4.79 Å². The number of rotatable bonds is 23. The largest absolute Gasteiger partial charge is 0.384 e. The van der Waals surface area contributed by atoms with Crippen LogP contribution in [0, 0.1) is 0 Å². The highest BCUT2D eigenvalue weighted by Gasteiger charge is 2.09. The zero-order valence-electron chi connectivity index (χ0n) is 21.5. The number of hydrogen-bond acceptors (Lipinski definition) is 7. The molecule has 1 aromatic carbocycles. The van der Waals surface area contributed by atoms with Crippen molar-refractivity contribution in [1.82, 2.24) is 5.32 Å². The smallest absolute Gasteiger partial charge is 0.251 e. The van der Waals surface area contributed by atoms with Crippen molar-refractivity contribution in [2.45, 2.75) is 57.3 Å². The van der Waals surface area contributed by atoms with Gasteiger partial charge >= 0.3 is 0 Å². The summed E-state index contributed by atoms with van der Waals surface area (Å²) < 4.78 is 16.7. The molecule has 0 unspecified atom stereocenters. The van der Waals surface area contributed by atoms with Crippen LogP contribution < -0.4 is 10.6 Å². The summed E-state index contributed by atoms with van der Waals surface area (Å²) in [4.78, 5) is 13.6. The van der Waals surface area contributed by atoms with Crippen LogP contribution in [0.1, 0.15) is 62.7 Å². The molecule has 2 N–H and O–H groups in total. The Bertz CT molecular complexity index is 635. The molecule has 0 atom stereocenters. The maximum absolute atomic E-state index is 12.5. The van der Waals surface area contributed by atoms with E-state index in [1.165, 1.54) is 4.90 Å². The van der Waals surface area contributed by atoms with Crippen molar-refractivity contribution in [3.05, 3.63) is 23.8 Å². The molecule has 0 radical (unpaired) electrons. The number of hydrogen-bond donors (Lipinski definition) is 2. The minimum atomic E-state index is -0.000549. The Labute approximate surface area is 216 Å². The molecule has 196 valence electrons. The van der Waals surface area contributed by atoms with Crippen LogP contribution in [-0.4, -0.2) is 76.4 Å². The maximum Gasteiger partial charge on any atom is 0.251 e. The van der Waals surface area contributed by atoms with Gasteiger partial charge in [-0.25, -0.2) is 0 Å². The van der Waals surface area contributed by atoms with Gasteiger partial charge in [-0.05, 0) is 74.5 Å². The lowest BCUT2D eigenvalue weighted by Gasteiger charge is -2.13. The van der Waals surface area contributed by atoms with Crippen LogP contribution in [0.3, 0.4) is 0 Å². The second-order valence-electron chi connectivity index (χ2n) is 7.92. The molecule has 6 nitrogen and oxygen atoms in total. The van der Waals surface area contributed by atoms with Crippen molar-refractivity contribution in [3.8, 4) is 0 Å². The third kappa shape index (κ3) is 15.9. The van der Waals surface area contributed by atoms with Gasteiger partial charge in [0.2, 0.25) is 0 Å². The average Bonchev–Trinajstić information content (AvgIpc) is 2.85. The summed E-state index contributed by atoms with van der Waals surface area (Å²) in [5.74, 6) is 2.06. The lowest BCUT2D eigenvalue weighted by Crippen LogP contribution is -2.25. The summed E-state index contributed by atoms with van der Waals surface area (Å²) in [5, 5.41) is 6.54. The van der Waals surface area contributed by atoms with E-state index >= 15 is 0 Å². The van der Waals surface area contributed by atoms with Gasteiger partial charge in [-0.15, -0.1) is 11.8 Å². The highest BCUT2D eigenvalue weighted by Crippen LogP contribution is 2.28. The zero-order chi connectivity index (χ0) is 24.7. The second-order valence-corrected chi connectivity index (χ2v) is 10.2. The van der Waals surface area contributed by atoms with Gasteiger partial charge in [-0.1, -0.05) is 13.8 Å². The van der Waals surface area contributed by atoms with E-state index < -0.39 is 0 Å². The van der Waals surface area contributed by atoms with Gasteiger partial charge in [-0.2, -0.15) is 11.8 Å². The molecule has 34 heavy (non-hydrogen) atoms. The summed E-state index contributed by atoms with van der Waals surface area (Å²) in [6, 6.07) is 5.95. The van der Waals surface area contributed by atoms with Crippen LogP contribution in [0.25, 0.3) is 0 Å². The van der Waals surface area contributed by atoms with Crippen LogP contribution in [-0.2, 0) is 14.2 Å². The molecule has 1 rings (SSSR count). The molecule has 0 saturated heterocycles. The fraction of sp³-hybridized carbons (Fsp3) is 0.731. The number of thioether (sulfide) groups is 2. The highest BCUT2D eigenvalue weighted by atomic mass is 32.2. The molecule has 0 saturated carbocycles. The van der Waals surface area contributed by atoms with Gasteiger partial charge in [0, 0.05) is 68.9 Å². The van der Waals surface area contributed by atoms with Crippen molar-refractivity contribution in [2.24, 2.45) is 0 Å². The predicted octanol–water partition coefficient (Wildman–Crippen LogP) is 5.71. The molecule has 0 heterocycles. The van der Waals surface area contributed by atoms with Gasteiger partial charge in [0.25, 0.3) is 5.91 Å². The van der Waals surface area contributed by atoms with E-state index in [-0.39, 0.29) is 5.91 Å². The van der Waals surface area contributed by atoms with E-state index in [1.54, 1.807) is 23.5 Å². The number of amides is 1. The Kier molecular flexibility index (Phi) is 20.6. The molecule has 1 aromatic rings. The first-order valence-corrected chi connectivity index (χ1v) is 15.1. The number of benzene rings is 1. The summed E-state index contributed by atoms with van der Waals surface area (Å²) in [6.07, 6.45) is 8.06. The van der Waals surface area contributed by atoms with E-state index in [2.05, 4.69) is 36.8 Å². The van der Waals surface area contributed by atoms with Crippen LogP contribution in [0.4, 0.5) is 5.69 Å². The molecule has 0 aliphatic carbocycles. The minimum Gasteiger partial charge on any atom is -0.384 e. The van der Waals surface area contributed by atoms with Gasteiger partial charge in [-0.3, -0.25) is 4.79 Å². The van der Waals surface area contributed by atoms with Crippen molar-refractivity contribution in [3.63, 3.8) is 0 Å². The van der Waals surface area contributed by atoms with Crippen molar-refractivity contribution < 1.29 is 19.0 Å². The van der Waals surface area contributed by atoms with Crippen molar-refractivity contribution >= 4 is 35.1 Å². The maximum atomic E-state index is 12.5. The lowest BCUT2D eigenvalue weighted by molar-refractivity contribution is 0.0629. The van der Waals surface area contributed by atoms with Crippen LogP contribution >= 0.6 is 23.5 Å². The third-order valence-electron chi connectivity index (χ3n) is 4.89. The molecule has 1 amide bonds. The van der Waals surface area contributed by atoms with Gasteiger partial charge in [0.15, 0.2) is 0 Å². The van der Waals surface area contributed by atoms with Crippen molar-refractivity contribution in [2.75, 3.05) is 75.8 Å². The Morgan fingerprint density at radius 2 is 1.53 bits per heavy atom. The minimum absolute atomic E-state index is 0.000549. The topological polar surface area (TPSA) is 68.8 Å². The standard InChI is InChI=1S/C26H46N2O4S2/c1-4-15-30-17-9-19-32-20-10-18-31-16-7-6-13-27-24-22-23(11-12-25(24)34-5-2)26(29)28-14-8-21-33-3/h11-12,22,27H,4-10,13-21H2,1-3H3,(H,28,29). The molecule has 0 bridgehead atoms. The predicted molar refractivity (Wildman–Crippen MR) is 148 cm³/mol. The number of ether oxygens (including phenoxy) is 3. The first-order chi connectivity index (χ1) is 16.7. The monoisotopic (exact) mass is 514 g/mol. The quantitative estimate of drug-likeness (QED) is 0.143. The number of anilines is 1. The first-order valence-electron chi connectivity index (χ1n) is 12.7. The Morgan fingerprint density at radius 3 is 2.18 bits per heavy atom. The van der Waals surface area contributed by atoms with Crippen LogP contribution in [0.15, 0.2) is 23.1 Å². The number of carbonyl (C=O) groups is 1. The molecule has 8 heteroatoms. The van der Waals surface area contributed by atoms with E-state index in [0.717, 1.165) is 102 Å². The van der Waals surface area contributed by atoms with E-state index in [1.807, 2.05) is 12.1 Å². The number of carbonyl (C=O) groups excluding carboxylic acids is 1.